The maximum Gasteiger partial charge on any atom is 0.343 e. The van der Waals surface area contributed by atoms with E-state index in [9.17, 15) is 4.79 Å². The first kappa shape index (κ1) is 21.1. The van der Waals surface area contributed by atoms with E-state index < -0.39 is 0 Å². The summed E-state index contributed by atoms with van der Waals surface area (Å²) in [4.78, 5) is 12.4. The molecule has 0 N–H and O–H groups in total. The van der Waals surface area contributed by atoms with Crippen LogP contribution < -0.4 is 9.47 Å². The highest BCUT2D eigenvalue weighted by atomic mass is 16.5. The largest absolute Gasteiger partial charge is 0.494 e. The van der Waals surface area contributed by atoms with Gasteiger partial charge in [-0.15, -0.1) is 0 Å². The Morgan fingerprint density at radius 1 is 0.966 bits per heavy atom. The normalized spacial score (nSPS) is 19.2. The van der Waals surface area contributed by atoms with Crippen molar-refractivity contribution in [2.24, 2.45) is 5.92 Å². The lowest BCUT2D eigenvalue weighted by atomic mass is 9.78. The van der Waals surface area contributed by atoms with Gasteiger partial charge in [-0.25, -0.2) is 4.79 Å². The number of ether oxygens (including phenoxy) is 3. The van der Waals surface area contributed by atoms with Crippen LogP contribution in [0.2, 0.25) is 0 Å². The third-order valence-corrected chi connectivity index (χ3v) is 5.41. The van der Waals surface area contributed by atoms with Gasteiger partial charge in [-0.2, -0.15) is 0 Å². The zero-order chi connectivity index (χ0) is 20.5. The Labute approximate surface area is 173 Å². The molecule has 4 nitrogen and oxygen atoms in total. The number of carbonyl (C=O) groups excluding carboxylic acids is 1. The Kier molecular flexibility index (Phi) is 7.88. The molecule has 4 heteroatoms. The number of esters is 1. The van der Waals surface area contributed by atoms with Crippen LogP contribution in [0.5, 0.6) is 11.5 Å². The van der Waals surface area contributed by atoms with Crippen molar-refractivity contribution in [2.45, 2.75) is 38.5 Å². The number of methoxy groups -OCH3 is 1. The Morgan fingerprint density at radius 3 is 2.24 bits per heavy atom. The third-order valence-electron chi connectivity index (χ3n) is 5.41. The van der Waals surface area contributed by atoms with E-state index in [0.29, 0.717) is 36.4 Å². The molecule has 2 aromatic rings. The fraction of sp³-hybridized carbons (Fsp3) is 0.400. The van der Waals surface area contributed by atoms with Crippen molar-refractivity contribution in [1.29, 1.82) is 0 Å². The molecule has 3 rings (SSSR count). The zero-order valence-electron chi connectivity index (χ0n) is 17.3. The van der Waals surface area contributed by atoms with Gasteiger partial charge < -0.3 is 14.2 Å². The standard InChI is InChI=1S/C25H30O4/c1-3-28-23-14-16-24(17-15-23)29-25(26)22-12-10-21(11-13-22)20-8-6-19(7-9-20)5-4-18-27-2/h4-5,10-17,19-20H,3,6-9,18H2,1-2H3. The molecular formula is C25H30O4. The van der Waals surface area contributed by atoms with Crippen molar-refractivity contribution >= 4 is 5.97 Å². The smallest absolute Gasteiger partial charge is 0.343 e. The molecule has 0 amide bonds. The van der Waals surface area contributed by atoms with Gasteiger partial charge >= 0.3 is 5.97 Å². The molecule has 0 unspecified atom stereocenters. The second-order valence-corrected chi connectivity index (χ2v) is 7.41. The molecule has 2 aromatic carbocycles. The van der Waals surface area contributed by atoms with Crippen LogP contribution in [0.25, 0.3) is 0 Å². The monoisotopic (exact) mass is 394 g/mol. The van der Waals surface area contributed by atoms with Gasteiger partial charge in [-0.05, 0) is 86.4 Å². The van der Waals surface area contributed by atoms with E-state index >= 15 is 0 Å². The maximum atomic E-state index is 12.4. The van der Waals surface area contributed by atoms with E-state index in [2.05, 4.69) is 24.3 Å². The van der Waals surface area contributed by atoms with Gasteiger partial charge in [0.1, 0.15) is 11.5 Å². The van der Waals surface area contributed by atoms with Gasteiger partial charge in [0.15, 0.2) is 0 Å². The minimum absolute atomic E-state index is 0.340. The molecule has 154 valence electrons. The van der Waals surface area contributed by atoms with Crippen molar-refractivity contribution in [1.82, 2.24) is 0 Å². The molecule has 1 saturated carbocycles. The Hall–Kier alpha value is -2.59. The maximum absolute atomic E-state index is 12.4. The highest BCUT2D eigenvalue weighted by Crippen LogP contribution is 2.36. The van der Waals surface area contributed by atoms with Gasteiger partial charge in [-0.3, -0.25) is 0 Å². The molecule has 0 bridgehead atoms. The Bertz CT molecular complexity index is 785. The number of rotatable bonds is 8. The Morgan fingerprint density at radius 2 is 1.62 bits per heavy atom. The van der Waals surface area contributed by atoms with E-state index in [0.717, 1.165) is 5.75 Å². The molecule has 1 fully saturated rings. The van der Waals surface area contributed by atoms with Crippen LogP contribution in [-0.2, 0) is 4.74 Å². The molecule has 29 heavy (non-hydrogen) atoms. The van der Waals surface area contributed by atoms with Crippen LogP contribution >= 0.6 is 0 Å². The molecule has 0 aromatic heterocycles. The average molecular weight is 395 g/mol. The van der Waals surface area contributed by atoms with Crippen LogP contribution in [0.4, 0.5) is 0 Å². The van der Waals surface area contributed by atoms with Crippen molar-refractivity contribution in [3.8, 4) is 11.5 Å². The lowest BCUT2D eigenvalue weighted by molar-refractivity contribution is 0.0734. The summed E-state index contributed by atoms with van der Waals surface area (Å²) >= 11 is 0. The first-order chi connectivity index (χ1) is 14.2. The highest BCUT2D eigenvalue weighted by Gasteiger charge is 2.21. The van der Waals surface area contributed by atoms with E-state index in [-0.39, 0.29) is 5.97 Å². The lowest BCUT2D eigenvalue weighted by Crippen LogP contribution is -2.12. The van der Waals surface area contributed by atoms with Crippen molar-refractivity contribution < 1.29 is 19.0 Å². The van der Waals surface area contributed by atoms with E-state index in [4.69, 9.17) is 14.2 Å². The summed E-state index contributed by atoms with van der Waals surface area (Å²) in [7, 11) is 1.72. The number of hydrogen-bond donors (Lipinski definition) is 0. The minimum atomic E-state index is -0.340. The summed E-state index contributed by atoms with van der Waals surface area (Å²) in [5.74, 6) is 2.17. The summed E-state index contributed by atoms with van der Waals surface area (Å²) < 4.78 is 15.9. The first-order valence-corrected chi connectivity index (χ1v) is 10.4. The number of benzene rings is 2. The van der Waals surface area contributed by atoms with Crippen LogP contribution in [0, 0.1) is 5.92 Å². The molecule has 0 saturated heterocycles. The highest BCUT2D eigenvalue weighted by molar-refractivity contribution is 5.91. The van der Waals surface area contributed by atoms with Crippen LogP contribution in [-0.4, -0.2) is 26.3 Å². The fourth-order valence-corrected chi connectivity index (χ4v) is 3.82. The topological polar surface area (TPSA) is 44.8 Å². The quantitative estimate of drug-likeness (QED) is 0.323. The molecule has 0 spiro atoms. The summed E-state index contributed by atoms with van der Waals surface area (Å²) in [5, 5.41) is 0. The average Bonchev–Trinajstić information content (AvgIpc) is 2.76. The second-order valence-electron chi connectivity index (χ2n) is 7.41. The molecule has 0 atom stereocenters. The first-order valence-electron chi connectivity index (χ1n) is 10.4. The van der Waals surface area contributed by atoms with Gasteiger partial charge in [0.25, 0.3) is 0 Å². The Balaban J connectivity index is 1.52. The molecule has 0 radical (unpaired) electrons. The van der Waals surface area contributed by atoms with Gasteiger partial charge in [0.05, 0.1) is 18.8 Å². The summed E-state index contributed by atoms with van der Waals surface area (Å²) in [6, 6.07) is 15.0. The van der Waals surface area contributed by atoms with E-state index in [1.165, 1.54) is 31.2 Å². The number of allylic oxidation sites excluding steroid dienone is 1. The van der Waals surface area contributed by atoms with Gasteiger partial charge in [0, 0.05) is 7.11 Å². The SMILES string of the molecule is CCOc1ccc(OC(=O)c2ccc(C3CCC(C=CCOC)CC3)cc2)cc1. The molecular weight excluding hydrogens is 364 g/mol. The number of hydrogen-bond acceptors (Lipinski definition) is 4. The van der Waals surface area contributed by atoms with Crippen molar-refractivity contribution in [2.75, 3.05) is 20.3 Å². The fourth-order valence-electron chi connectivity index (χ4n) is 3.82. The molecule has 0 heterocycles. The minimum Gasteiger partial charge on any atom is -0.494 e. The summed E-state index contributed by atoms with van der Waals surface area (Å²) in [6.45, 7) is 3.23. The molecule has 1 aliphatic carbocycles. The molecule has 0 aliphatic heterocycles. The van der Waals surface area contributed by atoms with Crippen LogP contribution in [0.1, 0.15) is 54.4 Å². The number of carbonyl (C=O) groups is 1. The zero-order valence-corrected chi connectivity index (χ0v) is 17.3. The van der Waals surface area contributed by atoms with Gasteiger partial charge in [-0.1, -0.05) is 24.3 Å². The summed E-state index contributed by atoms with van der Waals surface area (Å²) in [5.41, 5.74) is 1.88. The van der Waals surface area contributed by atoms with Gasteiger partial charge in [0.2, 0.25) is 0 Å². The predicted molar refractivity (Wildman–Crippen MR) is 115 cm³/mol. The van der Waals surface area contributed by atoms with Crippen LogP contribution in [0.15, 0.2) is 60.7 Å². The van der Waals surface area contributed by atoms with Crippen molar-refractivity contribution in [3.05, 3.63) is 71.8 Å². The van der Waals surface area contributed by atoms with E-state index in [1.807, 2.05) is 19.1 Å². The molecule has 1 aliphatic rings. The summed E-state index contributed by atoms with van der Waals surface area (Å²) in [6.07, 6.45) is 9.17. The second kappa shape index (κ2) is 10.8. The van der Waals surface area contributed by atoms with E-state index in [1.54, 1.807) is 31.4 Å². The predicted octanol–water partition coefficient (Wildman–Crippen LogP) is 5.78. The lowest BCUT2D eigenvalue weighted by Gasteiger charge is -2.27. The van der Waals surface area contributed by atoms with Crippen molar-refractivity contribution in [3.63, 3.8) is 0 Å². The van der Waals surface area contributed by atoms with Crippen LogP contribution in [0.3, 0.4) is 0 Å². The third kappa shape index (κ3) is 6.20.